The minimum Gasteiger partial charge on any atom is -0.461 e. The molecule has 1 aliphatic rings. The van der Waals surface area contributed by atoms with Crippen molar-refractivity contribution in [2.24, 2.45) is 0 Å². The third-order valence-electron chi connectivity index (χ3n) is 4.25. The third kappa shape index (κ3) is 2.77. The molecule has 0 radical (unpaired) electrons. The summed E-state index contributed by atoms with van der Waals surface area (Å²) < 4.78 is 10.4. The van der Waals surface area contributed by atoms with Crippen molar-refractivity contribution in [2.45, 2.75) is 24.8 Å². The molecule has 5 heteroatoms. The zero-order chi connectivity index (χ0) is 15.6. The van der Waals surface area contributed by atoms with Crippen LogP contribution in [0.2, 0.25) is 0 Å². The second-order valence-electron chi connectivity index (χ2n) is 5.80. The zero-order valence-electron chi connectivity index (χ0n) is 12.4. The number of hydrogen-bond acceptors (Lipinski definition) is 4. The van der Waals surface area contributed by atoms with E-state index in [1.165, 1.54) is 5.56 Å². The van der Waals surface area contributed by atoms with Crippen LogP contribution in [0.5, 0.6) is 0 Å². The SMILES string of the molecule is O=C(NC1CC(c2ccccc2)C1)c1cc(-c2ccco2)on1. The number of hydrogen-bond donors (Lipinski definition) is 1. The van der Waals surface area contributed by atoms with E-state index in [0.29, 0.717) is 17.4 Å². The number of carbonyl (C=O) groups is 1. The summed E-state index contributed by atoms with van der Waals surface area (Å²) in [5, 5.41) is 6.81. The van der Waals surface area contributed by atoms with E-state index in [0.717, 1.165) is 12.8 Å². The van der Waals surface area contributed by atoms with E-state index < -0.39 is 0 Å². The number of benzene rings is 1. The Balaban J connectivity index is 1.35. The van der Waals surface area contributed by atoms with Crippen molar-refractivity contribution in [1.29, 1.82) is 0 Å². The van der Waals surface area contributed by atoms with Crippen LogP contribution >= 0.6 is 0 Å². The molecular weight excluding hydrogens is 292 g/mol. The highest BCUT2D eigenvalue weighted by Crippen LogP contribution is 2.36. The molecule has 0 saturated heterocycles. The molecule has 3 aromatic rings. The molecule has 0 bridgehead atoms. The minimum absolute atomic E-state index is 0.191. The van der Waals surface area contributed by atoms with Gasteiger partial charge in [-0.25, -0.2) is 0 Å². The molecule has 23 heavy (non-hydrogen) atoms. The molecule has 5 nitrogen and oxygen atoms in total. The quantitative estimate of drug-likeness (QED) is 0.799. The Morgan fingerprint density at radius 2 is 1.91 bits per heavy atom. The number of rotatable bonds is 4. The fourth-order valence-corrected chi connectivity index (χ4v) is 2.91. The number of amides is 1. The Bertz CT molecular complexity index is 787. The van der Waals surface area contributed by atoms with Gasteiger partial charge in [0, 0.05) is 12.1 Å². The van der Waals surface area contributed by atoms with Gasteiger partial charge in [0.25, 0.3) is 5.91 Å². The van der Waals surface area contributed by atoms with Crippen LogP contribution in [0.15, 0.2) is 63.7 Å². The molecule has 1 amide bonds. The lowest BCUT2D eigenvalue weighted by Crippen LogP contribution is -2.43. The summed E-state index contributed by atoms with van der Waals surface area (Å²) >= 11 is 0. The van der Waals surface area contributed by atoms with Gasteiger partial charge in [-0.3, -0.25) is 4.79 Å². The van der Waals surface area contributed by atoms with Crippen LogP contribution in [0.4, 0.5) is 0 Å². The fourth-order valence-electron chi connectivity index (χ4n) is 2.91. The van der Waals surface area contributed by atoms with E-state index in [4.69, 9.17) is 8.94 Å². The highest BCUT2D eigenvalue weighted by atomic mass is 16.5. The van der Waals surface area contributed by atoms with Crippen LogP contribution in [-0.4, -0.2) is 17.1 Å². The van der Waals surface area contributed by atoms with Crippen molar-refractivity contribution < 1.29 is 13.7 Å². The Hall–Kier alpha value is -2.82. The summed E-state index contributed by atoms with van der Waals surface area (Å²) in [6.45, 7) is 0. The first-order valence-electron chi connectivity index (χ1n) is 7.66. The van der Waals surface area contributed by atoms with Gasteiger partial charge < -0.3 is 14.3 Å². The lowest BCUT2D eigenvalue weighted by Gasteiger charge is -2.36. The largest absolute Gasteiger partial charge is 0.461 e. The van der Waals surface area contributed by atoms with Crippen LogP contribution in [0.3, 0.4) is 0 Å². The maximum atomic E-state index is 12.2. The first-order valence-corrected chi connectivity index (χ1v) is 7.66. The van der Waals surface area contributed by atoms with Crippen LogP contribution in [0.1, 0.15) is 34.8 Å². The first kappa shape index (κ1) is 13.8. The lowest BCUT2D eigenvalue weighted by atomic mass is 9.76. The normalized spacial score (nSPS) is 20.0. The zero-order valence-corrected chi connectivity index (χ0v) is 12.4. The average molecular weight is 308 g/mol. The molecule has 1 fully saturated rings. The number of aromatic nitrogens is 1. The summed E-state index contributed by atoms with van der Waals surface area (Å²) in [6.07, 6.45) is 3.47. The number of nitrogens with one attached hydrogen (secondary N) is 1. The molecule has 1 N–H and O–H groups in total. The molecule has 1 aromatic carbocycles. The molecule has 2 heterocycles. The van der Waals surface area contributed by atoms with Gasteiger partial charge >= 0.3 is 0 Å². The summed E-state index contributed by atoms with van der Waals surface area (Å²) in [6, 6.07) is 15.7. The van der Waals surface area contributed by atoms with Gasteiger partial charge in [0.05, 0.1) is 6.26 Å². The van der Waals surface area contributed by atoms with Crippen LogP contribution < -0.4 is 5.32 Å². The molecule has 0 atom stereocenters. The first-order chi connectivity index (χ1) is 11.3. The van der Waals surface area contributed by atoms with Gasteiger partial charge in [-0.2, -0.15) is 0 Å². The molecule has 1 aliphatic carbocycles. The maximum absolute atomic E-state index is 12.2. The Kier molecular flexibility index (Phi) is 3.46. The van der Waals surface area contributed by atoms with Crippen molar-refractivity contribution in [3.8, 4) is 11.5 Å². The van der Waals surface area contributed by atoms with Gasteiger partial charge in [-0.15, -0.1) is 0 Å². The van der Waals surface area contributed by atoms with E-state index in [1.54, 1.807) is 24.5 Å². The Morgan fingerprint density at radius 3 is 2.65 bits per heavy atom. The van der Waals surface area contributed by atoms with Crippen molar-refractivity contribution in [1.82, 2.24) is 10.5 Å². The highest BCUT2D eigenvalue weighted by Gasteiger charge is 2.32. The van der Waals surface area contributed by atoms with Crippen molar-refractivity contribution in [2.75, 3.05) is 0 Å². The average Bonchev–Trinajstić information content (AvgIpc) is 3.21. The summed E-state index contributed by atoms with van der Waals surface area (Å²) in [5.41, 5.74) is 1.61. The van der Waals surface area contributed by atoms with Crippen molar-refractivity contribution in [3.05, 3.63) is 66.1 Å². The molecule has 4 rings (SSSR count). The second kappa shape index (κ2) is 5.76. The van der Waals surface area contributed by atoms with Crippen LogP contribution in [-0.2, 0) is 0 Å². The topological polar surface area (TPSA) is 68.3 Å². The molecule has 1 saturated carbocycles. The standard InChI is InChI=1S/C18H16N2O3/c21-18(15-11-17(23-20-15)16-7-4-8-22-16)19-14-9-13(10-14)12-5-2-1-3-6-12/h1-8,11,13-14H,9-10H2,(H,19,21). The molecule has 0 unspecified atom stereocenters. The van der Waals surface area contributed by atoms with Gasteiger partial charge in [0.1, 0.15) is 0 Å². The van der Waals surface area contributed by atoms with Crippen LogP contribution in [0.25, 0.3) is 11.5 Å². The molecule has 116 valence electrons. The van der Waals surface area contributed by atoms with Crippen molar-refractivity contribution >= 4 is 5.91 Å². The number of nitrogens with zero attached hydrogens (tertiary/aromatic N) is 1. The lowest BCUT2D eigenvalue weighted by molar-refractivity contribution is 0.0899. The molecule has 2 aromatic heterocycles. The molecule has 0 aliphatic heterocycles. The third-order valence-corrected chi connectivity index (χ3v) is 4.25. The fraction of sp³-hybridized carbons (Fsp3) is 0.222. The number of carbonyl (C=O) groups excluding carboxylic acids is 1. The Labute approximate surface area is 133 Å². The van der Waals surface area contributed by atoms with Gasteiger partial charge in [0.15, 0.2) is 11.5 Å². The Morgan fingerprint density at radius 1 is 1.09 bits per heavy atom. The van der Waals surface area contributed by atoms with Gasteiger partial charge in [-0.05, 0) is 36.5 Å². The second-order valence-corrected chi connectivity index (χ2v) is 5.80. The summed E-state index contributed by atoms with van der Waals surface area (Å²) in [7, 11) is 0. The summed E-state index contributed by atoms with van der Waals surface area (Å²) in [5.74, 6) is 1.33. The smallest absolute Gasteiger partial charge is 0.273 e. The number of furan rings is 1. The molecular formula is C18H16N2O3. The summed E-state index contributed by atoms with van der Waals surface area (Å²) in [4.78, 5) is 12.2. The monoisotopic (exact) mass is 308 g/mol. The van der Waals surface area contributed by atoms with E-state index in [9.17, 15) is 4.79 Å². The van der Waals surface area contributed by atoms with E-state index >= 15 is 0 Å². The predicted octanol–water partition coefficient (Wildman–Crippen LogP) is 3.61. The van der Waals surface area contributed by atoms with E-state index in [-0.39, 0.29) is 17.6 Å². The van der Waals surface area contributed by atoms with Gasteiger partial charge in [0.2, 0.25) is 5.76 Å². The minimum atomic E-state index is -0.205. The van der Waals surface area contributed by atoms with E-state index in [1.807, 2.05) is 18.2 Å². The maximum Gasteiger partial charge on any atom is 0.273 e. The molecule has 0 spiro atoms. The highest BCUT2D eigenvalue weighted by molar-refractivity contribution is 5.93. The van der Waals surface area contributed by atoms with Crippen molar-refractivity contribution in [3.63, 3.8) is 0 Å². The van der Waals surface area contributed by atoms with Crippen LogP contribution in [0, 0.1) is 0 Å². The van der Waals surface area contributed by atoms with Gasteiger partial charge in [-0.1, -0.05) is 35.5 Å². The van der Waals surface area contributed by atoms with E-state index in [2.05, 4.69) is 22.6 Å². The predicted molar refractivity (Wildman–Crippen MR) is 83.9 cm³/mol.